The number of hydrogen-bond acceptors (Lipinski definition) is 7. The Morgan fingerprint density at radius 1 is 0.833 bits per heavy atom. The monoisotopic (exact) mass is 523 g/mol. The molecular formula is C24H20F3NO7S. The van der Waals surface area contributed by atoms with Crippen molar-refractivity contribution in [1.29, 1.82) is 0 Å². The van der Waals surface area contributed by atoms with Crippen molar-refractivity contribution in [2.75, 3.05) is 7.11 Å². The zero-order valence-corrected chi connectivity index (χ0v) is 19.7. The molecule has 0 fully saturated rings. The Bertz CT molecular complexity index is 1320. The van der Waals surface area contributed by atoms with Crippen molar-refractivity contribution in [2.24, 2.45) is 0 Å². The van der Waals surface area contributed by atoms with Crippen LogP contribution in [0.25, 0.3) is 0 Å². The van der Waals surface area contributed by atoms with Crippen LogP contribution in [0, 0.1) is 0 Å². The summed E-state index contributed by atoms with van der Waals surface area (Å²) < 4.78 is 80.3. The molecule has 0 radical (unpaired) electrons. The molecule has 3 aromatic carbocycles. The fourth-order valence-electron chi connectivity index (χ4n) is 2.85. The first-order valence-corrected chi connectivity index (χ1v) is 11.7. The van der Waals surface area contributed by atoms with E-state index in [-0.39, 0.29) is 22.0 Å². The van der Waals surface area contributed by atoms with Crippen molar-refractivity contribution < 1.29 is 45.4 Å². The number of carbonyl (C=O) groups excluding carboxylic acids is 2. The molecule has 0 heterocycles. The number of esters is 1. The predicted octanol–water partition coefficient (Wildman–Crippen LogP) is 4.56. The van der Waals surface area contributed by atoms with Crippen molar-refractivity contribution in [3.05, 3.63) is 83.9 Å². The maximum atomic E-state index is 12.7. The van der Waals surface area contributed by atoms with Gasteiger partial charge in [0.1, 0.15) is 17.2 Å². The molecule has 0 aliphatic carbocycles. The molecular weight excluding hydrogens is 503 g/mol. The minimum atomic E-state index is -4.45. The van der Waals surface area contributed by atoms with Crippen LogP contribution in [-0.2, 0) is 25.7 Å². The van der Waals surface area contributed by atoms with Gasteiger partial charge < -0.3 is 14.2 Å². The number of halogens is 3. The number of hydrogen-bond donors (Lipinski definition) is 1. The van der Waals surface area contributed by atoms with E-state index in [0.29, 0.717) is 5.75 Å². The lowest BCUT2D eigenvalue weighted by Crippen LogP contribution is -2.39. The van der Waals surface area contributed by atoms with Crippen LogP contribution < -0.4 is 14.2 Å². The van der Waals surface area contributed by atoms with E-state index in [1.165, 1.54) is 62.6 Å². The van der Waals surface area contributed by atoms with Crippen LogP contribution in [-0.4, -0.2) is 33.5 Å². The third-order valence-corrected chi connectivity index (χ3v) is 6.11. The zero-order chi connectivity index (χ0) is 26.5. The standard InChI is InChI=1S/C24H20F3NO7S/c1-15(22(29)28-36(31,32)21-13-3-16(4-14-21)23(30)33-2)34-18-9-11-20(12-10-18)35-19-7-5-17(6-8-19)24(25,26)27/h3-15H,1-2H3,(H,28,29). The molecule has 0 spiro atoms. The number of nitrogens with one attached hydrogen (secondary N) is 1. The molecule has 0 saturated heterocycles. The van der Waals surface area contributed by atoms with Gasteiger partial charge in [-0.2, -0.15) is 13.2 Å². The largest absolute Gasteiger partial charge is 0.481 e. The molecule has 3 aromatic rings. The Balaban J connectivity index is 1.58. The normalized spacial score (nSPS) is 12.4. The summed E-state index contributed by atoms with van der Waals surface area (Å²) in [5.74, 6) is -0.860. The van der Waals surface area contributed by atoms with E-state index < -0.39 is 39.7 Å². The van der Waals surface area contributed by atoms with Gasteiger partial charge in [-0.15, -0.1) is 0 Å². The maximum absolute atomic E-state index is 12.7. The minimum Gasteiger partial charge on any atom is -0.481 e. The zero-order valence-electron chi connectivity index (χ0n) is 18.9. The molecule has 12 heteroatoms. The second-order valence-electron chi connectivity index (χ2n) is 7.34. The maximum Gasteiger partial charge on any atom is 0.416 e. The smallest absolute Gasteiger partial charge is 0.416 e. The molecule has 190 valence electrons. The second kappa shape index (κ2) is 10.7. The number of methoxy groups -OCH3 is 1. The number of ether oxygens (including phenoxy) is 3. The molecule has 3 rings (SSSR count). The predicted molar refractivity (Wildman–Crippen MR) is 121 cm³/mol. The molecule has 1 N–H and O–H groups in total. The molecule has 8 nitrogen and oxygen atoms in total. The van der Waals surface area contributed by atoms with Gasteiger partial charge in [-0.3, -0.25) is 4.79 Å². The van der Waals surface area contributed by atoms with Gasteiger partial charge in [0, 0.05) is 0 Å². The Kier molecular flexibility index (Phi) is 7.88. The van der Waals surface area contributed by atoms with E-state index in [1.807, 2.05) is 4.72 Å². The van der Waals surface area contributed by atoms with Crippen LogP contribution in [0.4, 0.5) is 13.2 Å². The lowest BCUT2D eigenvalue weighted by molar-refractivity contribution is -0.137. The van der Waals surface area contributed by atoms with Crippen LogP contribution in [0.3, 0.4) is 0 Å². The van der Waals surface area contributed by atoms with Gasteiger partial charge in [0.15, 0.2) is 6.10 Å². The fourth-order valence-corrected chi connectivity index (χ4v) is 3.90. The summed E-state index contributed by atoms with van der Waals surface area (Å²) >= 11 is 0. The number of sulfonamides is 1. The number of amides is 1. The topological polar surface area (TPSA) is 108 Å². The van der Waals surface area contributed by atoms with E-state index in [9.17, 15) is 31.2 Å². The first kappa shape index (κ1) is 26.5. The molecule has 0 aliphatic heterocycles. The lowest BCUT2D eigenvalue weighted by Gasteiger charge is -2.15. The van der Waals surface area contributed by atoms with E-state index >= 15 is 0 Å². The van der Waals surface area contributed by atoms with E-state index in [1.54, 1.807) is 0 Å². The van der Waals surface area contributed by atoms with Gasteiger partial charge in [-0.1, -0.05) is 0 Å². The van der Waals surface area contributed by atoms with Gasteiger partial charge in [-0.25, -0.2) is 17.9 Å². The molecule has 36 heavy (non-hydrogen) atoms. The van der Waals surface area contributed by atoms with E-state index in [2.05, 4.69) is 4.74 Å². The van der Waals surface area contributed by atoms with Gasteiger partial charge >= 0.3 is 12.1 Å². The molecule has 0 aromatic heterocycles. The van der Waals surface area contributed by atoms with Gasteiger partial charge in [-0.05, 0) is 79.7 Å². The average molecular weight is 523 g/mol. The summed E-state index contributed by atoms with van der Waals surface area (Å²) in [6, 6.07) is 14.8. The SMILES string of the molecule is COC(=O)c1ccc(S(=O)(=O)NC(=O)C(C)Oc2ccc(Oc3ccc(C(F)(F)F)cc3)cc2)cc1. The van der Waals surface area contributed by atoms with Crippen molar-refractivity contribution in [1.82, 2.24) is 4.72 Å². The molecule has 0 saturated carbocycles. The number of rotatable bonds is 8. The third kappa shape index (κ3) is 6.75. The summed E-state index contributed by atoms with van der Waals surface area (Å²) in [5.41, 5.74) is -0.656. The Labute approximate surface area is 204 Å². The van der Waals surface area contributed by atoms with Crippen molar-refractivity contribution in [3.8, 4) is 17.2 Å². The Hall–Kier alpha value is -4.06. The highest BCUT2D eigenvalue weighted by Crippen LogP contribution is 2.31. The molecule has 1 atom stereocenters. The fraction of sp³-hybridized carbons (Fsp3) is 0.167. The van der Waals surface area contributed by atoms with Gasteiger partial charge in [0.05, 0.1) is 23.1 Å². The highest BCUT2D eigenvalue weighted by Gasteiger charge is 2.30. The third-order valence-electron chi connectivity index (χ3n) is 4.74. The summed E-state index contributed by atoms with van der Waals surface area (Å²) in [4.78, 5) is 23.6. The Morgan fingerprint density at radius 2 is 1.33 bits per heavy atom. The summed E-state index contributed by atoms with van der Waals surface area (Å²) in [5, 5.41) is 0. The molecule has 1 amide bonds. The number of benzene rings is 3. The summed E-state index contributed by atoms with van der Waals surface area (Å²) in [6.45, 7) is 1.35. The first-order chi connectivity index (χ1) is 16.9. The van der Waals surface area contributed by atoms with E-state index in [4.69, 9.17) is 9.47 Å². The number of carbonyl (C=O) groups is 2. The van der Waals surface area contributed by atoms with Crippen molar-refractivity contribution >= 4 is 21.9 Å². The van der Waals surface area contributed by atoms with Crippen LogP contribution in [0.1, 0.15) is 22.8 Å². The summed E-state index contributed by atoms with van der Waals surface area (Å²) in [6.07, 6.45) is -5.65. The number of alkyl halides is 3. The van der Waals surface area contributed by atoms with E-state index in [0.717, 1.165) is 24.3 Å². The van der Waals surface area contributed by atoms with Gasteiger partial charge in [0.25, 0.3) is 15.9 Å². The highest BCUT2D eigenvalue weighted by atomic mass is 32.2. The van der Waals surface area contributed by atoms with Crippen molar-refractivity contribution in [3.63, 3.8) is 0 Å². The quantitative estimate of drug-likeness (QED) is 0.432. The van der Waals surface area contributed by atoms with Crippen LogP contribution in [0.2, 0.25) is 0 Å². The molecule has 1 unspecified atom stereocenters. The molecule has 0 aliphatic rings. The highest BCUT2D eigenvalue weighted by molar-refractivity contribution is 7.90. The molecule has 0 bridgehead atoms. The Morgan fingerprint density at radius 3 is 1.83 bits per heavy atom. The minimum absolute atomic E-state index is 0.144. The van der Waals surface area contributed by atoms with Gasteiger partial charge in [0.2, 0.25) is 0 Å². The average Bonchev–Trinajstić information content (AvgIpc) is 2.84. The first-order valence-electron chi connectivity index (χ1n) is 10.3. The van der Waals surface area contributed by atoms with Crippen molar-refractivity contribution in [2.45, 2.75) is 24.1 Å². The second-order valence-corrected chi connectivity index (χ2v) is 9.02. The lowest BCUT2D eigenvalue weighted by atomic mass is 10.2. The van der Waals surface area contributed by atoms with Crippen LogP contribution in [0.15, 0.2) is 77.7 Å². The summed E-state index contributed by atoms with van der Waals surface area (Å²) in [7, 11) is -3.03. The van der Waals surface area contributed by atoms with Crippen LogP contribution in [0.5, 0.6) is 17.2 Å². The van der Waals surface area contributed by atoms with Crippen LogP contribution >= 0.6 is 0 Å².